The van der Waals surface area contributed by atoms with Crippen molar-refractivity contribution in [1.82, 2.24) is 19.8 Å². The van der Waals surface area contributed by atoms with E-state index in [9.17, 15) is 0 Å². The molecule has 1 aliphatic heterocycles. The van der Waals surface area contributed by atoms with Gasteiger partial charge in [0.15, 0.2) is 0 Å². The lowest BCUT2D eigenvalue weighted by Crippen LogP contribution is -2.29. The molecule has 0 atom stereocenters. The topological polar surface area (TPSA) is 45.1 Å². The Bertz CT molecular complexity index is 688. The maximum Gasteiger partial charge on any atom is 0.203 e. The third-order valence-corrected chi connectivity index (χ3v) is 5.07. The molecule has 1 aromatic heterocycles. The number of aromatic nitrogens is 2. The van der Waals surface area contributed by atoms with Gasteiger partial charge in [0.1, 0.15) is 0 Å². The molecule has 3 rings (SSSR count). The largest absolute Gasteiger partial charge is 0.359 e. The van der Waals surface area contributed by atoms with Gasteiger partial charge < -0.3 is 20.1 Å². The van der Waals surface area contributed by atoms with Crippen molar-refractivity contribution in [2.45, 2.75) is 39.3 Å². The van der Waals surface area contributed by atoms with Crippen LogP contribution >= 0.6 is 11.6 Å². The Balaban J connectivity index is 1.70. The van der Waals surface area contributed by atoms with E-state index in [2.05, 4.69) is 40.0 Å². The fourth-order valence-corrected chi connectivity index (χ4v) is 3.68. The van der Waals surface area contributed by atoms with Crippen molar-refractivity contribution in [3.8, 4) is 0 Å². The summed E-state index contributed by atoms with van der Waals surface area (Å²) in [5.74, 6) is 0.884. The van der Waals surface area contributed by atoms with Gasteiger partial charge in [0.05, 0.1) is 11.0 Å². The zero-order valence-corrected chi connectivity index (χ0v) is 15.7. The molecule has 0 unspecified atom stereocenters. The minimum absolute atomic E-state index is 0.331. The SMILES string of the molecule is CNc1nc2cc(CNCCN3CCCC3)c(Cl)cc2n1C(C)C. The first-order chi connectivity index (χ1) is 11.6. The maximum absolute atomic E-state index is 6.53. The summed E-state index contributed by atoms with van der Waals surface area (Å²) in [6.07, 6.45) is 2.68. The molecule has 5 nitrogen and oxygen atoms in total. The molecule has 0 bridgehead atoms. The fourth-order valence-electron chi connectivity index (χ4n) is 3.46. The van der Waals surface area contributed by atoms with E-state index in [1.807, 2.05) is 13.1 Å². The average molecular weight is 350 g/mol. The Morgan fingerprint density at radius 3 is 2.67 bits per heavy atom. The summed E-state index contributed by atoms with van der Waals surface area (Å²) in [6, 6.07) is 4.49. The Morgan fingerprint density at radius 1 is 1.25 bits per heavy atom. The third kappa shape index (κ3) is 3.68. The van der Waals surface area contributed by atoms with Crippen LogP contribution in [0.1, 0.15) is 38.3 Å². The molecule has 1 aromatic carbocycles. The molecule has 0 radical (unpaired) electrons. The Kier molecular flexibility index (Phi) is 5.64. The van der Waals surface area contributed by atoms with E-state index in [1.165, 1.54) is 25.9 Å². The zero-order valence-electron chi connectivity index (χ0n) is 14.9. The number of rotatable bonds is 7. The first kappa shape index (κ1) is 17.5. The number of nitrogens with one attached hydrogen (secondary N) is 2. The quantitative estimate of drug-likeness (QED) is 0.751. The average Bonchev–Trinajstić information content (AvgIpc) is 3.18. The van der Waals surface area contributed by atoms with Crippen LogP contribution in [-0.4, -0.2) is 47.7 Å². The first-order valence-corrected chi connectivity index (χ1v) is 9.29. The van der Waals surface area contributed by atoms with Gasteiger partial charge >= 0.3 is 0 Å². The standard InChI is InChI=1S/C18H28ClN5/c1-13(2)24-17-11-15(19)14(10-16(17)22-18(24)20-3)12-21-6-9-23-7-4-5-8-23/h10-11,13,21H,4-9,12H2,1-3H3,(H,20,22). The smallest absolute Gasteiger partial charge is 0.203 e. The van der Waals surface area contributed by atoms with Gasteiger partial charge in [-0.2, -0.15) is 0 Å². The highest BCUT2D eigenvalue weighted by atomic mass is 35.5. The van der Waals surface area contributed by atoms with E-state index in [4.69, 9.17) is 16.6 Å². The van der Waals surface area contributed by atoms with Crippen molar-refractivity contribution < 1.29 is 0 Å². The summed E-state index contributed by atoms with van der Waals surface area (Å²) >= 11 is 6.53. The van der Waals surface area contributed by atoms with Crippen LogP contribution in [0.5, 0.6) is 0 Å². The molecule has 1 fully saturated rings. The summed E-state index contributed by atoms with van der Waals surface area (Å²) in [6.45, 7) is 9.70. The van der Waals surface area contributed by atoms with Crippen molar-refractivity contribution in [3.05, 3.63) is 22.7 Å². The predicted octanol–water partition coefficient (Wildman–Crippen LogP) is 3.50. The fraction of sp³-hybridized carbons (Fsp3) is 0.611. The van der Waals surface area contributed by atoms with Gasteiger partial charge in [-0.25, -0.2) is 4.98 Å². The molecule has 2 N–H and O–H groups in total. The van der Waals surface area contributed by atoms with Crippen molar-refractivity contribution in [2.24, 2.45) is 0 Å². The highest BCUT2D eigenvalue weighted by molar-refractivity contribution is 6.32. The number of fused-ring (bicyclic) bond motifs is 1. The van der Waals surface area contributed by atoms with Crippen LogP contribution in [-0.2, 0) is 6.54 Å². The second-order valence-electron chi connectivity index (χ2n) is 6.81. The Morgan fingerprint density at radius 2 is 2.00 bits per heavy atom. The number of halogens is 1. The molecule has 0 spiro atoms. The van der Waals surface area contributed by atoms with Crippen LogP contribution in [0.2, 0.25) is 5.02 Å². The molecule has 2 aromatic rings. The third-order valence-electron chi connectivity index (χ3n) is 4.72. The molecule has 1 saturated heterocycles. The monoisotopic (exact) mass is 349 g/mol. The van der Waals surface area contributed by atoms with Crippen molar-refractivity contribution in [3.63, 3.8) is 0 Å². The van der Waals surface area contributed by atoms with Gasteiger partial charge in [-0.3, -0.25) is 0 Å². The molecule has 0 aliphatic carbocycles. The highest BCUT2D eigenvalue weighted by Crippen LogP contribution is 2.29. The van der Waals surface area contributed by atoms with Gasteiger partial charge in [0.2, 0.25) is 5.95 Å². The number of anilines is 1. The van der Waals surface area contributed by atoms with Crippen LogP contribution in [0.15, 0.2) is 12.1 Å². The summed E-state index contributed by atoms with van der Waals surface area (Å²) < 4.78 is 2.19. The summed E-state index contributed by atoms with van der Waals surface area (Å²) in [4.78, 5) is 7.22. The second kappa shape index (κ2) is 7.72. The summed E-state index contributed by atoms with van der Waals surface area (Å²) in [5.41, 5.74) is 3.19. The second-order valence-corrected chi connectivity index (χ2v) is 7.21. The molecule has 6 heteroatoms. The van der Waals surface area contributed by atoms with Gasteiger partial charge in [0.25, 0.3) is 0 Å². The van der Waals surface area contributed by atoms with Gasteiger partial charge in [-0.1, -0.05) is 11.6 Å². The molecule has 132 valence electrons. The maximum atomic E-state index is 6.53. The zero-order chi connectivity index (χ0) is 17.1. The van der Waals surface area contributed by atoms with Gasteiger partial charge in [-0.05, 0) is 57.5 Å². The van der Waals surface area contributed by atoms with E-state index < -0.39 is 0 Å². The normalized spacial score (nSPS) is 15.7. The van der Waals surface area contributed by atoms with Crippen LogP contribution in [0.4, 0.5) is 5.95 Å². The highest BCUT2D eigenvalue weighted by Gasteiger charge is 2.15. The van der Waals surface area contributed by atoms with E-state index in [0.717, 1.165) is 47.2 Å². The van der Waals surface area contributed by atoms with Crippen molar-refractivity contribution >= 4 is 28.6 Å². The lowest BCUT2D eigenvalue weighted by atomic mass is 10.2. The summed E-state index contributed by atoms with van der Waals surface area (Å²) in [7, 11) is 1.91. The molecule has 2 heterocycles. The number of likely N-dealkylation sites (tertiary alicyclic amines) is 1. The lowest BCUT2D eigenvalue weighted by molar-refractivity contribution is 0.335. The molecule has 0 saturated carbocycles. The number of nitrogens with zero attached hydrogens (tertiary/aromatic N) is 3. The molecule has 0 amide bonds. The van der Waals surface area contributed by atoms with Crippen LogP contribution in [0, 0.1) is 0 Å². The van der Waals surface area contributed by atoms with Gasteiger partial charge in [-0.15, -0.1) is 0 Å². The molecule has 1 aliphatic rings. The minimum Gasteiger partial charge on any atom is -0.359 e. The molecular formula is C18H28ClN5. The Labute approximate surface area is 149 Å². The number of benzene rings is 1. The van der Waals surface area contributed by atoms with Gasteiger partial charge in [0, 0.05) is 37.7 Å². The molecule has 24 heavy (non-hydrogen) atoms. The number of imidazole rings is 1. The van der Waals surface area contributed by atoms with E-state index in [0.29, 0.717) is 6.04 Å². The molecular weight excluding hydrogens is 322 g/mol. The summed E-state index contributed by atoms with van der Waals surface area (Å²) in [5, 5.41) is 7.50. The predicted molar refractivity (Wildman–Crippen MR) is 102 cm³/mol. The van der Waals surface area contributed by atoms with Crippen LogP contribution in [0.25, 0.3) is 11.0 Å². The van der Waals surface area contributed by atoms with Crippen LogP contribution in [0.3, 0.4) is 0 Å². The number of hydrogen-bond donors (Lipinski definition) is 2. The minimum atomic E-state index is 0.331. The Hall–Kier alpha value is -1.30. The van der Waals surface area contributed by atoms with E-state index in [1.54, 1.807) is 0 Å². The lowest BCUT2D eigenvalue weighted by Gasteiger charge is -2.15. The van der Waals surface area contributed by atoms with E-state index in [-0.39, 0.29) is 0 Å². The number of hydrogen-bond acceptors (Lipinski definition) is 4. The van der Waals surface area contributed by atoms with Crippen molar-refractivity contribution in [2.75, 3.05) is 38.5 Å². The van der Waals surface area contributed by atoms with Crippen LogP contribution < -0.4 is 10.6 Å². The van der Waals surface area contributed by atoms with E-state index >= 15 is 0 Å². The van der Waals surface area contributed by atoms with Crippen molar-refractivity contribution in [1.29, 1.82) is 0 Å². The first-order valence-electron chi connectivity index (χ1n) is 8.91.